The molecule has 4 rings (SSSR count). The number of piperazine rings is 1. The van der Waals surface area contributed by atoms with Crippen LogP contribution >= 0.6 is 0 Å². The van der Waals surface area contributed by atoms with Gasteiger partial charge in [-0.25, -0.2) is 4.98 Å². The second-order valence-electron chi connectivity index (χ2n) is 7.77. The van der Waals surface area contributed by atoms with Crippen LogP contribution in [0.2, 0.25) is 0 Å². The van der Waals surface area contributed by atoms with Crippen molar-refractivity contribution < 1.29 is 4.74 Å². The molecular weight excluding hydrogens is 372 g/mol. The quantitative estimate of drug-likeness (QED) is 0.569. The molecule has 0 aliphatic carbocycles. The number of ether oxygens (including phenoxy) is 1. The standard InChI is InChI=1S/C25H28N4O/c1-2-3-11-25(30-24-17-21-8-4-5-9-22(21)19-27-24)29-14-12-28(13-15-29)23-10-6-7-20(16-23)18-26/h4-10,16-17,19,25H,2-3,11-15H2,1H3. The van der Waals surface area contributed by atoms with Gasteiger partial charge in [0.2, 0.25) is 5.88 Å². The number of nitriles is 1. The van der Waals surface area contributed by atoms with E-state index in [-0.39, 0.29) is 6.23 Å². The van der Waals surface area contributed by atoms with Crippen molar-refractivity contribution in [3.8, 4) is 11.9 Å². The molecular formula is C25H28N4O. The molecule has 1 aliphatic rings. The summed E-state index contributed by atoms with van der Waals surface area (Å²) in [6.45, 7) is 5.92. The lowest BCUT2D eigenvalue weighted by atomic mass is 10.1. The second kappa shape index (κ2) is 9.60. The summed E-state index contributed by atoms with van der Waals surface area (Å²) in [4.78, 5) is 9.32. The van der Waals surface area contributed by atoms with E-state index in [9.17, 15) is 0 Å². The number of aromatic nitrogens is 1. The molecule has 0 radical (unpaired) electrons. The maximum absolute atomic E-state index is 9.16. The maximum atomic E-state index is 9.16. The van der Waals surface area contributed by atoms with Gasteiger partial charge < -0.3 is 9.64 Å². The zero-order valence-electron chi connectivity index (χ0n) is 17.5. The van der Waals surface area contributed by atoms with Gasteiger partial charge in [0.1, 0.15) is 0 Å². The minimum atomic E-state index is 0.0335. The SMILES string of the molecule is CCCCC(Oc1cc2ccccc2cn1)N1CCN(c2cccc(C#N)c2)CC1. The minimum Gasteiger partial charge on any atom is -0.458 e. The molecule has 0 saturated carbocycles. The van der Waals surface area contributed by atoms with Gasteiger partial charge in [0.05, 0.1) is 11.6 Å². The summed E-state index contributed by atoms with van der Waals surface area (Å²) < 4.78 is 6.39. The van der Waals surface area contributed by atoms with Gasteiger partial charge in [-0.1, -0.05) is 43.7 Å². The lowest BCUT2D eigenvalue weighted by molar-refractivity contribution is 0.0104. The van der Waals surface area contributed by atoms with Crippen LogP contribution in [-0.2, 0) is 0 Å². The van der Waals surface area contributed by atoms with Gasteiger partial charge in [-0.3, -0.25) is 4.90 Å². The number of anilines is 1. The molecule has 5 heteroatoms. The highest BCUT2D eigenvalue weighted by atomic mass is 16.5. The van der Waals surface area contributed by atoms with Gasteiger partial charge >= 0.3 is 0 Å². The van der Waals surface area contributed by atoms with Crippen molar-refractivity contribution in [1.29, 1.82) is 5.26 Å². The summed E-state index contributed by atoms with van der Waals surface area (Å²) in [6, 6.07) is 20.4. The largest absolute Gasteiger partial charge is 0.458 e. The molecule has 0 N–H and O–H groups in total. The Morgan fingerprint density at radius 3 is 2.60 bits per heavy atom. The molecule has 2 heterocycles. The van der Waals surface area contributed by atoms with Crippen LogP contribution in [0.3, 0.4) is 0 Å². The van der Waals surface area contributed by atoms with Crippen molar-refractivity contribution in [1.82, 2.24) is 9.88 Å². The Labute approximate surface area is 178 Å². The lowest BCUT2D eigenvalue weighted by Crippen LogP contribution is -2.52. The number of hydrogen-bond acceptors (Lipinski definition) is 5. The van der Waals surface area contributed by atoms with Crippen molar-refractivity contribution in [2.24, 2.45) is 0 Å². The number of hydrogen-bond donors (Lipinski definition) is 0. The monoisotopic (exact) mass is 400 g/mol. The molecule has 0 bridgehead atoms. The summed E-state index contributed by atoms with van der Waals surface area (Å²) in [5, 5.41) is 11.4. The van der Waals surface area contributed by atoms with E-state index in [0.29, 0.717) is 11.4 Å². The number of unbranched alkanes of at least 4 members (excludes halogenated alkanes) is 1. The zero-order chi connectivity index (χ0) is 20.8. The van der Waals surface area contributed by atoms with Crippen LogP contribution in [0.25, 0.3) is 10.8 Å². The molecule has 1 fully saturated rings. The highest BCUT2D eigenvalue weighted by Gasteiger charge is 2.25. The smallest absolute Gasteiger partial charge is 0.215 e. The van der Waals surface area contributed by atoms with Crippen LogP contribution < -0.4 is 9.64 Å². The van der Waals surface area contributed by atoms with Crippen molar-refractivity contribution in [2.45, 2.75) is 32.4 Å². The van der Waals surface area contributed by atoms with E-state index in [2.05, 4.69) is 46.0 Å². The van der Waals surface area contributed by atoms with Crippen LogP contribution in [0.1, 0.15) is 31.7 Å². The molecule has 5 nitrogen and oxygen atoms in total. The summed E-state index contributed by atoms with van der Waals surface area (Å²) in [5.74, 6) is 0.693. The van der Waals surface area contributed by atoms with E-state index in [1.165, 1.54) is 0 Å². The second-order valence-corrected chi connectivity index (χ2v) is 7.77. The molecule has 0 amide bonds. The van der Waals surface area contributed by atoms with Gasteiger partial charge in [0, 0.05) is 49.5 Å². The lowest BCUT2D eigenvalue weighted by Gasteiger charge is -2.40. The first-order chi connectivity index (χ1) is 14.8. The average Bonchev–Trinajstić information content (AvgIpc) is 2.82. The molecule has 2 aromatic carbocycles. The fraction of sp³-hybridized carbons (Fsp3) is 0.360. The summed E-state index contributed by atoms with van der Waals surface area (Å²) >= 11 is 0. The summed E-state index contributed by atoms with van der Waals surface area (Å²) in [7, 11) is 0. The number of fused-ring (bicyclic) bond motifs is 1. The third-order valence-corrected chi connectivity index (χ3v) is 5.73. The van der Waals surface area contributed by atoms with E-state index in [1.807, 2.05) is 42.6 Å². The van der Waals surface area contributed by atoms with E-state index >= 15 is 0 Å². The normalized spacial score (nSPS) is 15.7. The van der Waals surface area contributed by atoms with Gasteiger partial charge in [0.15, 0.2) is 6.23 Å². The van der Waals surface area contributed by atoms with Crippen molar-refractivity contribution in [3.63, 3.8) is 0 Å². The van der Waals surface area contributed by atoms with Gasteiger partial charge in [-0.05, 0) is 36.4 Å². The molecule has 154 valence electrons. The van der Waals surface area contributed by atoms with Crippen LogP contribution in [0.15, 0.2) is 60.8 Å². The molecule has 1 saturated heterocycles. The Morgan fingerprint density at radius 2 is 1.83 bits per heavy atom. The Kier molecular flexibility index (Phi) is 6.46. The number of benzene rings is 2. The Bertz CT molecular complexity index is 1020. The first-order valence-corrected chi connectivity index (χ1v) is 10.8. The average molecular weight is 401 g/mol. The fourth-order valence-electron chi connectivity index (χ4n) is 4.00. The van der Waals surface area contributed by atoms with E-state index in [1.54, 1.807) is 0 Å². The first kappa shape index (κ1) is 20.2. The van der Waals surface area contributed by atoms with E-state index < -0.39 is 0 Å². The molecule has 1 unspecified atom stereocenters. The van der Waals surface area contributed by atoms with E-state index in [4.69, 9.17) is 10.00 Å². The van der Waals surface area contributed by atoms with Crippen LogP contribution in [0.5, 0.6) is 5.88 Å². The van der Waals surface area contributed by atoms with Crippen molar-refractivity contribution >= 4 is 16.5 Å². The highest BCUT2D eigenvalue weighted by molar-refractivity contribution is 5.82. The third kappa shape index (κ3) is 4.72. The molecule has 30 heavy (non-hydrogen) atoms. The van der Waals surface area contributed by atoms with Gasteiger partial charge in [0.25, 0.3) is 0 Å². The Morgan fingerprint density at radius 1 is 1.03 bits per heavy atom. The van der Waals surface area contributed by atoms with E-state index in [0.717, 1.165) is 61.9 Å². The minimum absolute atomic E-state index is 0.0335. The Hall–Kier alpha value is -3.10. The molecule has 1 aliphatic heterocycles. The van der Waals surface area contributed by atoms with Gasteiger partial charge in [-0.15, -0.1) is 0 Å². The number of nitrogens with zero attached hydrogens (tertiary/aromatic N) is 4. The topological polar surface area (TPSA) is 52.4 Å². The summed E-state index contributed by atoms with van der Waals surface area (Å²) in [5.41, 5.74) is 1.83. The van der Waals surface area contributed by atoms with Crippen molar-refractivity contribution in [2.75, 3.05) is 31.1 Å². The van der Waals surface area contributed by atoms with Gasteiger partial charge in [-0.2, -0.15) is 5.26 Å². The molecule has 1 aromatic heterocycles. The predicted octanol–water partition coefficient (Wildman–Crippen LogP) is 4.82. The zero-order valence-corrected chi connectivity index (χ0v) is 17.5. The molecule has 3 aromatic rings. The number of pyridine rings is 1. The molecule has 1 atom stereocenters. The highest BCUT2D eigenvalue weighted by Crippen LogP contribution is 2.23. The van der Waals surface area contributed by atoms with Crippen LogP contribution in [0.4, 0.5) is 5.69 Å². The third-order valence-electron chi connectivity index (χ3n) is 5.73. The fourth-order valence-corrected chi connectivity index (χ4v) is 4.00. The molecule has 0 spiro atoms. The summed E-state index contributed by atoms with van der Waals surface area (Å²) in [6.07, 6.45) is 5.19. The predicted molar refractivity (Wildman–Crippen MR) is 121 cm³/mol. The van der Waals surface area contributed by atoms with Crippen LogP contribution in [0, 0.1) is 11.3 Å². The maximum Gasteiger partial charge on any atom is 0.215 e. The van der Waals surface area contributed by atoms with Crippen molar-refractivity contribution in [3.05, 3.63) is 66.4 Å². The Balaban J connectivity index is 1.44. The van der Waals surface area contributed by atoms with Crippen LogP contribution in [-0.4, -0.2) is 42.3 Å². The number of rotatable bonds is 7. The first-order valence-electron chi connectivity index (χ1n) is 10.8.